The number of hydrogen-bond donors (Lipinski definition) is 2. The Bertz CT molecular complexity index is 1040. The molecule has 3 rings (SSSR count). The van der Waals surface area contributed by atoms with Gasteiger partial charge in [0.15, 0.2) is 0 Å². The fourth-order valence-corrected chi connectivity index (χ4v) is 2.85. The number of carbonyl (C=O) groups excluding carboxylic acids is 3. The van der Waals surface area contributed by atoms with Gasteiger partial charge in [-0.2, -0.15) is 0 Å². The molecule has 1 heterocycles. The summed E-state index contributed by atoms with van der Waals surface area (Å²) in [5.41, 5.74) is 4.52. The molecular formula is C22H21N5O3. The first-order chi connectivity index (χ1) is 14.4. The zero-order valence-electron chi connectivity index (χ0n) is 16.6. The fourth-order valence-electron chi connectivity index (χ4n) is 2.85. The van der Waals surface area contributed by atoms with Gasteiger partial charge in [-0.25, -0.2) is 10.0 Å². The number of aliphatic imine (C=N–C) groups is 1. The molecule has 2 aromatic carbocycles. The number of nitrogens with zero attached hydrogens (tertiary/aromatic N) is 3. The Morgan fingerprint density at radius 3 is 2.67 bits per heavy atom. The molecule has 0 bridgehead atoms. The van der Waals surface area contributed by atoms with Crippen LogP contribution >= 0.6 is 0 Å². The van der Waals surface area contributed by atoms with Crippen molar-refractivity contribution < 1.29 is 14.4 Å². The molecule has 2 N–H and O–H groups in total. The minimum Gasteiger partial charge on any atom is -0.330 e. The van der Waals surface area contributed by atoms with E-state index in [1.54, 1.807) is 55.5 Å². The highest BCUT2D eigenvalue weighted by Gasteiger charge is 2.32. The van der Waals surface area contributed by atoms with E-state index in [2.05, 4.69) is 21.7 Å². The van der Waals surface area contributed by atoms with Crippen molar-refractivity contribution in [2.24, 2.45) is 4.99 Å². The van der Waals surface area contributed by atoms with E-state index >= 15 is 0 Å². The Balaban J connectivity index is 1.67. The van der Waals surface area contributed by atoms with Gasteiger partial charge in [-0.05, 0) is 37.3 Å². The summed E-state index contributed by atoms with van der Waals surface area (Å²) in [6, 6.07) is 15.0. The van der Waals surface area contributed by atoms with Crippen molar-refractivity contribution in [3.8, 4) is 12.3 Å². The van der Waals surface area contributed by atoms with E-state index in [0.29, 0.717) is 16.9 Å². The smallest absolute Gasteiger partial charge is 0.290 e. The minimum atomic E-state index is -0.737. The van der Waals surface area contributed by atoms with Crippen molar-refractivity contribution in [2.45, 2.75) is 13.0 Å². The third kappa shape index (κ3) is 4.64. The van der Waals surface area contributed by atoms with Gasteiger partial charge in [0.25, 0.3) is 11.8 Å². The SMILES string of the molecule is C#Cc1cccc(NC(=O)CN(C)C(=O)C2=NC(C)C(=O)N(c3ccccc3)N2)c1. The lowest BCUT2D eigenvalue weighted by molar-refractivity contribution is -0.128. The lowest BCUT2D eigenvalue weighted by Gasteiger charge is -2.31. The first kappa shape index (κ1) is 20.6. The summed E-state index contributed by atoms with van der Waals surface area (Å²) >= 11 is 0. The van der Waals surface area contributed by atoms with Crippen LogP contribution in [0.25, 0.3) is 0 Å². The third-order valence-corrected chi connectivity index (χ3v) is 4.38. The molecule has 8 nitrogen and oxygen atoms in total. The number of anilines is 2. The van der Waals surface area contributed by atoms with Gasteiger partial charge < -0.3 is 10.2 Å². The van der Waals surface area contributed by atoms with Crippen molar-refractivity contribution >= 4 is 34.9 Å². The highest BCUT2D eigenvalue weighted by Crippen LogP contribution is 2.16. The largest absolute Gasteiger partial charge is 0.330 e. The number of amidine groups is 1. The van der Waals surface area contributed by atoms with Crippen molar-refractivity contribution in [2.75, 3.05) is 23.9 Å². The topological polar surface area (TPSA) is 94.1 Å². The number of nitrogens with one attached hydrogen (secondary N) is 2. The highest BCUT2D eigenvalue weighted by atomic mass is 16.2. The van der Waals surface area contributed by atoms with E-state index in [4.69, 9.17) is 6.42 Å². The Labute approximate surface area is 174 Å². The molecule has 0 saturated carbocycles. The summed E-state index contributed by atoms with van der Waals surface area (Å²) in [7, 11) is 1.48. The van der Waals surface area contributed by atoms with Gasteiger partial charge in [0, 0.05) is 18.3 Å². The van der Waals surface area contributed by atoms with E-state index in [-0.39, 0.29) is 24.2 Å². The number of carbonyl (C=O) groups is 3. The minimum absolute atomic E-state index is 0.0180. The molecule has 0 spiro atoms. The first-order valence-corrected chi connectivity index (χ1v) is 9.24. The number of likely N-dealkylation sites (N-methyl/N-ethyl adjacent to an activating group) is 1. The van der Waals surface area contributed by atoms with Crippen molar-refractivity contribution in [1.29, 1.82) is 0 Å². The molecule has 1 unspecified atom stereocenters. The summed E-state index contributed by atoms with van der Waals surface area (Å²) in [6.45, 7) is 1.41. The van der Waals surface area contributed by atoms with Crippen molar-refractivity contribution in [3.05, 3.63) is 60.2 Å². The van der Waals surface area contributed by atoms with Gasteiger partial charge in [-0.3, -0.25) is 19.8 Å². The summed E-state index contributed by atoms with van der Waals surface area (Å²) in [4.78, 5) is 42.9. The Hall–Kier alpha value is -4.12. The molecule has 152 valence electrons. The molecule has 1 aliphatic heterocycles. The molecule has 0 saturated heterocycles. The van der Waals surface area contributed by atoms with Gasteiger partial charge in [-0.15, -0.1) is 6.42 Å². The molecule has 0 fully saturated rings. The Kier molecular flexibility index (Phi) is 6.13. The number of hydrogen-bond acceptors (Lipinski definition) is 5. The zero-order chi connectivity index (χ0) is 21.7. The van der Waals surface area contributed by atoms with Gasteiger partial charge in [0.05, 0.1) is 12.2 Å². The molecule has 0 aromatic heterocycles. The van der Waals surface area contributed by atoms with E-state index in [0.717, 1.165) is 0 Å². The standard InChI is InChI=1S/C22H21N5O3/c1-4-16-9-8-10-17(13-16)24-19(28)14-26(3)22(30)20-23-15(2)21(29)27(25-20)18-11-6-5-7-12-18/h1,5-13,15H,14H2,2-3H3,(H,23,25)(H,24,28). The van der Waals surface area contributed by atoms with Crippen LogP contribution in [0.4, 0.5) is 11.4 Å². The summed E-state index contributed by atoms with van der Waals surface area (Å²) in [5.74, 6) is 1.29. The van der Waals surface area contributed by atoms with E-state index in [9.17, 15) is 14.4 Å². The maximum atomic E-state index is 12.8. The van der Waals surface area contributed by atoms with Crippen LogP contribution in [0, 0.1) is 12.3 Å². The summed E-state index contributed by atoms with van der Waals surface area (Å²) < 4.78 is 0. The lowest BCUT2D eigenvalue weighted by atomic mass is 10.2. The van der Waals surface area contributed by atoms with E-state index in [1.165, 1.54) is 17.0 Å². The monoisotopic (exact) mass is 403 g/mol. The number of hydrazine groups is 1. The molecule has 0 radical (unpaired) electrons. The van der Waals surface area contributed by atoms with Crippen LogP contribution in [0.15, 0.2) is 59.6 Å². The van der Waals surface area contributed by atoms with Gasteiger partial charge in [0.1, 0.15) is 6.04 Å². The quantitative estimate of drug-likeness (QED) is 0.738. The number of amides is 3. The normalized spacial score (nSPS) is 15.5. The average molecular weight is 403 g/mol. The molecule has 1 atom stereocenters. The zero-order valence-corrected chi connectivity index (χ0v) is 16.6. The molecule has 2 aromatic rings. The summed E-state index contributed by atoms with van der Waals surface area (Å²) in [6.07, 6.45) is 5.36. The number of terminal acetylenes is 1. The van der Waals surface area contributed by atoms with Crippen LogP contribution in [0.2, 0.25) is 0 Å². The second-order valence-electron chi connectivity index (χ2n) is 6.71. The predicted octanol–water partition coefficient (Wildman–Crippen LogP) is 1.40. The molecule has 0 aliphatic carbocycles. The second-order valence-corrected chi connectivity index (χ2v) is 6.71. The first-order valence-electron chi connectivity index (χ1n) is 9.24. The van der Waals surface area contributed by atoms with Gasteiger partial charge in [0.2, 0.25) is 11.7 Å². The summed E-state index contributed by atoms with van der Waals surface area (Å²) in [5, 5.41) is 3.98. The molecule has 30 heavy (non-hydrogen) atoms. The van der Waals surface area contributed by atoms with Gasteiger partial charge >= 0.3 is 0 Å². The van der Waals surface area contributed by atoms with Crippen LogP contribution in [-0.4, -0.2) is 48.1 Å². The highest BCUT2D eigenvalue weighted by molar-refractivity contribution is 6.39. The maximum Gasteiger partial charge on any atom is 0.290 e. The molecule has 8 heteroatoms. The lowest BCUT2D eigenvalue weighted by Crippen LogP contribution is -2.58. The van der Waals surface area contributed by atoms with Crippen LogP contribution in [-0.2, 0) is 14.4 Å². The average Bonchev–Trinajstić information content (AvgIpc) is 2.75. The number of benzene rings is 2. The van der Waals surface area contributed by atoms with Crippen molar-refractivity contribution in [3.63, 3.8) is 0 Å². The molecule has 3 amide bonds. The number of para-hydroxylation sites is 1. The van der Waals surface area contributed by atoms with E-state index < -0.39 is 11.9 Å². The Morgan fingerprint density at radius 2 is 1.97 bits per heavy atom. The number of rotatable bonds is 5. The van der Waals surface area contributed by atoms with Crippen LogP contribution in [0.3, 0.4) is 0 Å². The maximum absolute atomic E-state index is 12.8. The predicted molar refractivity (Wildman–Crippen MR) is 115 cm³/mol. The van der Waals surface area contributed by atoms with Crippen LogP contribution < -0.4 is 15.8 Å². The van der Waals surface area contributed by atoms with Gasteiger partial charge in [-0.1, -0.05) is 30.2 Å². The Morgan fingerprint density at radius 1 is 1.23 bits per heavy atom. The van der Waals surface area contributed by atoms with Crippen LogP contribution in [0.1, 0.15) is 12.5 Å². The fraction of sp³-hybridized carbons (Fsp3) is 0.182. The van der Waals surface area contributed by atoms with Crippen LogP contribution in [0.5, 0.6) is 0 Å². The third-order valence-electron chi connectivity index (χ3n) is 4.38. The second kappa shape index (κ2) is 8.92. The van der Waals surface area contributed by atoms with Crippen molar-refractivity contribution in [1.82, 2.24) is 10.3 Å². The molecular weight excluding hydrogens is 382 g/mol. The van der Waals surface area contributed by atoms with E-state index in [1.807, 2.05) is 6.07 Å². The molecule has 1 aliphatic rings.